The monoisotopic (exact) mass is 465 g/mol. The smallest absolute Gasteiger partial charge is 0.240 e. The summed E-state index contributed by atoms with van der Waals surface area (Å²) in [5.74, 6) is -0.0620. The van der Waals surface area contributed by atoms with E-state index in [1.807, 2.05) is 44.2 Å². The van der Waals surface area contributed by atoms with Gasteiger partial charge in [0.25, 0.3) is 0 Å². The zero-order valence-electron chi connectivity index (χ0n) is 19.7. The van der Waals surface area contributed by atoms with Crippen LogP contribution in [0.15, 0.2) is 54.9 Å². The van der Waals surface area contributed by atoms with Crippen LogP contribution in [0.2, 0.25) is 0 Å². The van der Waals surface area contributed by atoms with Crippen LogP contribution in [-0.2, 0) is 24.5 Å². The SMILES string of the molecule is C[C@@H]1CN(C(=O)CC2(c3ccccc3)CC(=O)N(CCCOc3cccnc3)C2=O)C[C@H](C)O1. The van der Waals surface area contributed by atoms with Crippen LogP contribution in [-0.4, -0.2) is 71.0 Å². The van der Waals surface area contributed by atoms with Crippen LogP contribution in [0.5, 0.6) is 5.75 Å². The molecule has 8 nitrogen and oxygen atoms in total. The van der Waals surface area contributed by atoms with E-state index in [-0.39, 0.29) is 49.3 Å². The minimum Gasteiger partial charge on any atom is -0.492 e. The fourth-order valence-corrected chi connectivity index (χ4v) is 4.85. The molecule has 2 aliphatic rings. The van der Waals surface area contributed by atoms with Crippen LogP contribution in [0.1, 0.15) is 38.7 Å². The Balaban J connectivity index is 1.48. The summed E-state index contributed by atoms with van der Waals surface area (Å²) in [5.41, 5.74) is -0.491. The number of carbonyl (C=O) groups is 3. The molecule has 0 bridgehead atoms. The van der Waals surface area contributed by atoms with E-state index in [4.69, 9.17) is 9.47 Å². The van der Waals surface area contributed by atoms with E-state index in [0.717, 1.165) is 0 Å². The molecule has 0 radical (unpaired) electrons. The van der Waals surface area contributed by atoms with Gasteiger partial charge in [-0.1, -0.05) is 30.3 Å². The highest BCUT2D eigenvalue weighted by Gasteiger charge is 2.54. The summed E-state index contributed by atoms with van der Waals surface area (Å²) in [6, 6.07) is 12.8. The molecule has 4 rings (SSSR count). The number of carbonyl (C=O) groups excluding carboxylic acids is 3. The third-order valence-corrected chi connectivity index (χ3v) is 6.39. The zero-order valence-corrected chi connectivity index (χ0v) is 19.7. The second kappa shape index (κ2) is 10.3. The van der Waals surface area contributed by atoms with Crippen molar-refractivity contribution in [3.8, 4) is 5.75 Å². The molecule has 0 N–H and O–H groups in total. The van der Waals surface area contributed by atoms with Gasteiger partial charge in [0.1, 0.15) is 5.75 Å². The maximum Gasteiger partial charge on any atom is 0.240 e. The molecular formula is C26H31N3O5. The molecule has 3 atom stereocenters. The van der Waals surface area contributed by atoms with Gasteiger partial charge >= 0.3 is 0 Å². The van der Waals surface area contributed by atoms with Crippen molar-refractivity contribution in [2.45, 2.75) is 50.7 Å². The number of hydrogen-bond acceptors (Lipinski definition) is 6. The molecule has 1 aromatic carbocycles. The van der Waals surface area contributed by atoms with E-state index in [0.29, 0.717) is 37.4 Å². The van der Waals surface area contributed by atoms with Crippen LogP contribution in [0.25, 0.3) is 0 Å². The summed E-state index contributed by atoms with van der Waals surface area (Å²) < 4.78 is 11.4. The van der Waals surface area contributed by atoms with E-state index < -0.39 is 5.41 Å². The van der Waals surface area contributed by atoms with Gasteiger partial charge in [0.2, 0.25) is 17.7 Å². The number of imide groups is 1. The third-order valence-electron chi connectivity index (χ3n) is 6.39. The maximum absolute atomic E-state index is 13.7. The number of nitrogens with zero attached hydrogens (tertiary/aromatic N) is 3. The molecule has 2 saturated heterocycles. The molecular weight excluding hydrogens is 434 g/mol. The first-order chi connectivity index (χ1) is 16.4. The Morgan fingerprint density at radius 2 is 1.85 bits per heavy atom. The zero-order chi connectivity index (χ0) is 24.1. The molecule has 2 aliphatic heterocycles. The molecule has 1 unspecified atom stereocenters. The van der Waals surface area contributed by atoms with Gasteiger partial charge in [-0.05, 0) is 38.0 Å². The van der Waals surface area contributed by atoms with Gasteiger partial charge in [-0.25, -0.2) is 0 Å². The number of pyridine rings is 1. The minimum atomic E-state index is -1.19. The van der Waals surface area contributed by atoms with Crippen LogP contribution >= 0.6 is 0 Å². The average Bonchev–Trinajstić information content (AvgIpc) is 3.07. The summed E-state index contributed by atoms with van der Waals surface area (Å²) in [6.07, 6.45) is 3.58. The average molecular weight is 466 g/mol. The van der Waals surface area contributed by atoms with Crippen molar-refractivity contribution in [1.29, 1.82) is 0 Å². The largest absolute Gasteiger partial charge is 0.492 e. The Morgan fingerprint density at radius 1 is 1.12 bits per heavy atom. The predicted octanol–water partition coefficient (Wildman–Crippen LogP) is 2.57. The molecule has 2 fully saturated rings. The van der Waals surface area contributed by atoms with E-state index in [1.165, 1.54) is 4.90 Å². The van der Waals surface area contributed by atoms with Crippen LogP contribution in [0.3, 0.4) is 0 Å². The number of likely N-dealkylation sites (tertiary alicyclic amines) is 1. The van der Waals surface area contributed by atoms with E-state index in [9.17, 15) is 14.4 Å². The predicted molar refractivity (Wildman–Crippen MR) is 125 cm³/mol. The molecule has 0 spiro atoms. The highest BCUT2D eigenvalue weighted by Crippen LogP contribution is 2.40. The summed E-state index contributed by atoms with van der Waals surface area (Å²) in [4.78, 5) is 47.1. The normalized spacial score (nSPS) is 25.0. The first kappa shape index (κ1) is 23.9. The Labute approximate surface area is 199 Å². The standard InChI is InChI=1S/C26H31N3O5/c1-19-17-28(18-20(2)34-19)23(30)14-26(21-8-4-3-5-9-21)15-24(31)29(25(26)32)12-7-13-33-22-10-6-11-27-16-22/h3-6,8-11,16,19-20H,7,12-15,17-18H2,1-2H3/t19-,20+,26?. The number of amides is 3. The molecule has 3 amide bonds. The second-order valence-corrected chi connectivity index (χ2v) is 9.10. The highest BCUT2D eigenvalue weighted by molar-refractivity contribution is 6.10. The first-order valence-corrected chi connectivity index (χ1v) is 11.8. The van der Waals surface area contributed by atoms with Gasteiger partial charge in [-0.3, -0.25) is 24.3 Å². The second-order valence-electron chi connectivity index (χ2n) is 9.10. The quantitative estimate of drug-likeness (QED) is 0.440. The fraction of sp³-hybridized carbons (Fsp3) is 0.462. The Bertz CT molecular complexity index is 1010. The lowest BCUT2D eigenvalue weighted by Crippen LogP contribution is -2.50. The van der Waals surface area contributed by atoms with Gasteiger partial charge in [-0.2, -0.15) is 0 Å². The fourth-order valence-electron chi connectivity index (χ4n) is 4.85. The van der Waals surface area contributed by atoms with Gasteiger partial charge in [0, 0.05) is 38.7 Å². The van der Waals surface area contributed by atoms with Crippen molar-refractivity contribution < 1.29 is 23.9 Å². The molecule has 3 heterocycles. The van der Waals surface area contributed by atoms with Crippen LogP contribution < -0.4 is 4.74 Å². The summed E-state index contributed by atoms with van der Waals surface area (Å²) in [7, 11) is 0. The molecule has 34 heavy (non-hydrogen) atoms. The van der Waals surface area contributed by atoms with E-state index in [2.05, 4.69) is 4.98 Å². The van der Waals surface area contributed by atoms with Crippen molar-refractivity contribution in [3.63, 3.8) is 0 Å². The highest BCUT2D eigenvalue weighted by atomic mass is 16.5. The van der Waals surface area contributed by atoms with Gasteiger partial charge < -0.3 is 14.4 Å². The summed E-state index contributed by atoms with van der Waals surface area (Å²) in [6.45, 7) is 5.41. The number of morpholine rings is 1. The van der Waals surface area contributed by atoms with Crippen molar-refractivity contribution in [2.75, 3.05) is 26.2 Å². The van der Waals surface area contributed by atoms with Crippen molar-refractivity contribution >= 4 is 17.7 Å². The maximum atomic E-state index is 13.7. The molecule has 0 saturated carbocycles. The van der Waals surface area contributed by atoms with Crippen molar-refractivity contribution in [3.05, 3.63) is 60.4 Å². The number of rotatable bonds is 8. The lowest BCUT2D eigenvalue weighted by atomic mass is 9.75. The first-order valence-electron chi connectivity index (χ1n) is 11.8. The Kier molecular flexibility index (Phi) is 7.26. The third kappa shape index (κ3) is 5.12. The molecule has 2 aromatic rings. The number of ether oxygens (including phenoxy) is 2. The van der Waals surface area contributed by atoms with Gasteiger partial charge in [0.05, 0.1) is 30.4 Å². The minimum absolute atomic E-state index is 0.0134. The molecule has 1 aromatic heterocycles. The lowest BCUT2D eigenvalue weighted by molar-refractivity contribution is -0.148. The number of hydrogen-bond donors (Lipinski definition) is 0. The van der Waals surface area contributed by atoms with Gasteiger partial charge in [0.15, 0.2) is 0 Å². The molecule has 180 valence electrons. The van der Waals surface area contributed by atoms with Crippen LogP contribution in [0.4, 0.5) is 0 Å². The van der Waals surface area contributed by atoms with Crippen molar-refractivity contribution in [1.82, 2.24) is 14.8 Å². The lowest BCUT2D eigenvalue weighted by Gasteiger charge is -2.37. The van der Waals surface area contributed by atoms with Crippen molar-refractivity contribution in [2.24, 2.45) is 0 Å². The molecule has 0 aliphatic carbocycles. The summed E-state index contributed by atoms with van der Waals surface area (Å²) >= 11 is 0. The van der Waals surface area contributed by atoms with Gasteiger partial charge in [-0.15, -0.1) is 0 Å². The number of benzene rings is 1. The Morgan fingerprint density at radius 3 is 2.53 bits per heavy atom. The van der Waals surface area contributed by atoms with Crippen LogP contribution in [0, 0.1) is 0 Å². The topological polar surface area (TPSA) is 89.0 Å². The summed E-state index contributed by atoms with van der Waals surface area (Å²) in [5, 5.41) is 0. The number of aromatic nitrogens is 1. The van der Waals surface area contributed by atoms with E-state index >= 15 is 0 Å². The Hall–Kier alpha value is -3.26. The van der Waals surface area contributed by atoms with E-state index in [1.54, 1.807) is 29.4 Å². The molecule has 8 heteroatoms.